The lowest BCUT2D eigenvalue weighted by Gasteiger charge is -2.33. The quantitative estimate of drug-likeness (QED) is 0.763. The lowest BCUT2D eigenvalue weighted by molar-refractivity contribution is -0.134. The predicted octanol–water partition coefficient (Wildman–Crippen LogP) is 3.26. The summed E-state index contributed by atoms with van der Waals surface area (Å²) < 4.78 is 0. The zero-order valence-corrected chi connectivity index (χ0v) is 15.2. The molecule has 2 amide bonds. The minimum atomic E-state index is 0.256. The highest BCUT2D eigenvalue weighted by Crippen LogP contribution is 2.22. The third-order valence-corrected chi connectivity index (χ3v) is 5.55. The first-order valence-electron chi connectivity index (χ1n) is 9.82. The van der Waals surface area contributed by atoms with Crippen molar-refractivity contribution in [2.24, 2.45) is 5.92 Å². The van der Waals surface area contributed by atoms with Gasteiger partial charge in [0.25, 0.3) is 0 Å². The van der Waals surface area contributed by atoms with Crippen molar-refractivity contribution in [2.45, 2.75) is 51.4 Å². The van der Waals surface area contributed by atoms with E-state index in [4.69, 9.17) is 0 Å². The third kappa shape index (κ3) is 5.32. The summed E-state index contributed by atoms with van der Waals surface area (Å²) in [5.74, 6) is 1.15. The standard InChI is InChI=1S/C21H30N2O2/c24-20-10-5-14-22(20)15-6-11-21(25)23-16-4-9-19(17-23)13-12-18-7-2-1-3-8-18/h1-3,7-8,19H,4-6,9-17H2/t19-/m0/s1. The molecule has 4 heteroatoms. The van der Waals surface area contributed by atoms with Gasteiger partial charge < -0.3 is 9.80 Å². The molecule has 1 aromatic carbocycles. The van der Waals surface area contributed by atoms with E-state index in [-0.39, 0.29) is 11.8 Å². The highest BCUT2D eigenvalue weighted by atomic mass is 16.2. The van der Waals surface area contributed by atoms with E-state index in [0.717, 1.165) is 58.3 Å². The molecule has 0 spiro atoms. The van der Waals surface area contributed by atoms with Crippen molar-refractivity contribution < 1.29 is 9.59 Å². The molecule has 2 aliphatic heterocycles. The molecule has 0 unspecified atom stereocenters. The topological polar surface area (TPSA) is 40.6 Å². The molecule has 0 radical (unpaired) electrons. The van der Waals surface area contributed by atoms with Crippen molar-refractivity contribution in [3.63, 3.8) is 0 Å². The highest BCUT2D eigenvalue weighted by molar-refractivity contribution is 5.78. The van der Waals surface area contributed by atoms with Gasteiger partial charge in [-0.05, 0) is 50.0 Å². The van der Waals surface area contributed by atoms with E-state index in [2.05, 4.69) is 35.2 Å². The zero-order valence-electron chi connectivity index (χ0n) is 15.2. The fourth-order valence-electron chi connectivity index (χ4n) is 4.06. The van der Waals surface area contributed by atoms with E-state index in [0.29, 0.717) is 18.8 Å². The largest absolute Gasteiger partial charge is 0.343 e. The van der Waals surface area contributed by atoms with Gasteiger partial charge in [0.1, 0.15) is 0 Å². The second-order valence-corrected chi connectivity index (χ2v) is 7.46. The number of rotatable bonds is 7. The Kier molecular flexibility index (Phi) is 6.48. The summed E-state index contributed by atoms with van der Waals surface area (Å²) in [6.45, 7) is 3.44. The molecule has 2 aliphatic rings. The summed E-state index contributed by atoms with van der Waals surface area (Å²) in [5, 5.41) is 0. The minimum absolute atomic E-state index is 0.256. The molecule has 0 aliphatic carbocycles. The molecule has 0 bridgehead atoms. The molecule has 1 atom stereocenters. The Morgan fingerprint density at radius 3 is 2.72 bits per heavy atom. The Morgan fingerprint density at radius 2 is 1.96 bits per heavy atom. The summed E-state index contributed by atoms with van der Waals surface area (Å²) in [6.07, 6.45) is 7.66. The smallest absolute Gasteiger partial charge is 0.222 e. The molecule has 0 N–H and O–H groups in total. The van der Waals surface area contributed by atoms with Crippen LogP contribution >= 0.6 is 0 Å². The van der Waals surface area contributed by atoms with Crippen LogP contribution in [0.3, 0.4) is 0 Å². The first-order chi connectivity index (χ1) is 12.2. The normalized spacial score (nSPS) is 21.0. The predicted molar refractivity (Wildman–Crippen MR) is 99.1 cm³/mol. The van der Waals surface area contributed by atoms with Gasteiger partial charge in [0, 0.05) is 39.0 Å². The van der Waals surface area contributed by atoms with Crippen LogP contribution in [0.25, 0.3) is 0 Å². The van der Waals surface area contributed by atoms with Gasteiger partial charge in [-0.2, -0.15) is 0 Å². The highest BCUT2D eigenvalue weighted by Gasteiger charge is 2.24. The van der Waals surface area contributed by atoms with Crippen LogP contribution < -0.4 is 0 Å². The van der Waals surface area contributed by atoms with Gasteiger partial charge in [0.2, 0.25) is 11.8 Å². The lowest BCUT2D eigenvalue weighted by atomic mass is 9.91. The number of benzene rings is 1. The molecule has 4 nitrogen and oxygen atoms in total. The van der Waals surface area contributed by atoms with Crippen LogP contribution in [-0.2, 0) is 16.0 Å². The number of piperidine rings is 1. The van der Waals surface area contributed by atoms with Gasteiger partial charge in [0.15, 0.2) is 0 Å². The second kappa shape index (κ2) is 9.02. The fraction of sp³-hybridized carbons (Fsp3) is 0.619. The molecule has 2 fully saturated rings. The Hall–Kier alpha value is -1.84. The third-order valence-electron chi connectivity index (χ3n) is 5.55. The molecular formula is C21H30N2O2. The number of likely N-dealkylation sites (tertiary alicyclic amines) is 2. The van der Waals surface area contributed by atoms with Gasteiger partial charge in [-0.1, -0.05) is 30.3 Å². The number of amides is 2. The lowest BCUT2D eigenvalue weighted by Crippen LogP contribution is -2.40. The van der Waals surface area contributed by atoms with Crippen LogP contribution in [0, 0.1) is 5.92 Å². The number of hydrogen-bond acceptors (Lipinski definition) is 2. The first kappa shape index (κ1) is 18.0. The Morgan fingerprint density at radius 1 is 1.12 bits per heavy atom. The van der Waals surface area contributed by atoms with E-state index in [1.54, 1.807) is 0 Å². The van der Waals surface area contributed by atoms with Crippen molar-refractivity contribution in [1.29, 1.82) is 0 Å². The molecule has 136 valence electrons. The summed E-state index contributed by atoms with van der Waals surface area (Å²) in [7, 11) is 0. The molecule has 1 aromatic rings. The minimum Gasteiger partial charge on any atom is -0.343 e. The van der Waals surface area contributed by atoms with Crippen molar-refractivity contribution in [1.82, 2.24) is 9.80 Å². The maximum absolute atomic E-state index is 12.5. The summed E-state index contributed by atoms with van der Waals surface area (Å²) >= 11 is 0. The van der Waals surface area contributed by atoms with E-state index in [1.165, 1.54) is 12.0 Å². The van der Waals surface area contributed by atoms with E-state index < -0.39 is 0 Å². The molecular weight excluding hydrogens is 312 g/mol. The van der Waals surface area contributed by atoms with Crippen LogP contribution in [0.4, 0.5) is 0 Å². The van der Waals surface area contributed by atoms with Gasteiger partial charge in [-0.3, -0.25) is 9.59 Å². The van der Waals surface area contributed by atoms with Crippen LogP contribution in [-0.4, -0.2) is 47.8 Å². The van der Waals surface area contributed by atoms with E-state index in [9.17, 15) is 9.59 Å². The summed E-state index contributed by atoms with van der Waals surface area (Å²) in [5.41, 5.74) is 1.39. The van der Waals surface area contributed by atoms with Gasteiger partial charge in [0.05, 0.1) is 0 Å². The maximum Gasteiger partial charge on any atom is 0.222 e. The molecule has 25 heavy (non-hydrogen) atoms. The molecule has 2 saturated heterocycles. The number of aryl methyl sites for hydroxylation is 1. The number of carbonyl (C=O) groups is 2. The average Bonchev–Trinajstić information content (AvgIpc) is 3.06. The average molecular weight is 342 g/mol. The van der Waals surface area contributed by atoms with Crippen LogP contribution in [0.1, 0.15) is 50.5 Å². The summed E-state index contributed by atoms with van der Waals surface area (Å²) in [4.78, 5) is 28.1. The molecule has 0 saturated carbocycles. The SMILES string of the molecule is O=C1CCCN1CCCC(=O)N1CCC[C@@H](CCc2ccccc2)C1. The number of nitrogens with zero attached hydrogens (tertiary/aromatic N) is 2. The molecule has 2 heterocycles. The van der Waals surface area contributed by atoms with Crippen LogP contribution in [0.2, 0.25) is 0 Å². The molecule has 3 rings (SSSR count). The van der Waals surface area contributed by atoms with Crippen molar-refractivity contribution in [3.05, 3.63) is 35.9 Å². The summed E-state index contributed by atoms with van der Waals surface area (Å²) in [6, 6.07) is 10.6. The Balaban J connectivity index is 1.38. The van der Waals surface area contributed by atoms with Crippen LogP contribution in [0.5, 0.6) is 0 Å². The van der Waals surface area contributed by atoms with Crippen molar-refractivity contribution in [2.75, 3.05) is 26.2 Å². The van der Waals surface area contributed by atoms with Gasteiger partial charge in [-0.15, -0.1) is 0 Å². The van der Waals surface area contributed by atoms with Crippen molar-refractivity contribution in [3.8, 4) is 0 Å². The first-order valence-corrected chi connectivity index (χ1v) is 9.82. The number of carbonyl (C=O) groups excluding carboxylic acids is 2. The fourth-order valence-corrected chi connectivity index (χ4v) is 4.06. The van der Waals surface area contributed by atoms with Gasteiger partial charge >= 0.3 is 0 Å². The van der Waals surface area contributed by atoms with Crippen LogP contribution in [0.15, 0.2) is 30.3 Å². The second-order valence-electron chi connectivity index (χ2n) is 7.46. The molecule has 0 aromatic heterocycles. The van der Waals surface area contributed by atoms with E-state index in [1.807, 2.05) is 4.90 Å². The Bertz CT molecular complexity index is 573. The Labute approximate surface area is 151 Å². The van der Waals surface area contributed by atoms with E-state index >= 15 is 0 Å². The monoisotopic (exact) mass is 342 g/mol. The van der Waals surface area contributed by atoms with Crippen molar-refractivity contribution >= 4 is 11.8 Å². The maximum atomic E-state index is 12.5. The van der Waals surface area contributed by atoms with Gasteiger partial charge in [-0.25, -0.2) is 0 Å². The zero-order chi connectivity index (χ0) is 17.5. The number of hydrogen-bond donors (Lipinski definition) is 0.